The number of nitrogens with zero attached hydrogens (tertiary/aromatic N) is 1. The summed E-state index contributed by atoms with van der Waals surface area (Å²) in [6.07, 6.45) is 5.90. The lowest BCUT2D eigenvalue weighted by atomic mass is 10.0. The number of rotatable bonds is 7. The van der Waals surface area contributed by atoms with E-state index in [1.54, 1.807) is 4.90 Å². The Morgan fingerprint density at radius 2 is 1.81 bits per heavy atom. The second-order valence-corrected chi connectivity index (χ2v) is 5.73. The molecule has 1 N–H and O–H groups in total. The van der Waals surface area contributed by atoms with Gasteiger partial charge in [-0.1, -0.05) is 31.0 Å². The molecule has 1 aliphatic rings. The lowest BCUT2D eigenvalue weighted by molar-refractivity contribution is -0.137. The molecule has 0 spiro atoms. The number of carbonyl (C=O) groups excluding carboxylic acids is 1. The van der Waals surface area contributed by atoms with Gasteiger partial charge in [0.2, 0.25) is 5.91 Å². The quantitative estimate of drug-likeness (QED) is 0.836. The molecule has 0 unspecified atom stereocenters. The van der Waals surface area contributed by atoms with Crippen molar-refractivity contribution in [2.75, 3.05) is 11.4 Å². The molecule has 1 aromatic rings. The number of carbonyl (C=O) groups is 2. The van der Waals surface area contributed by atoms with Crippen molar-refractivity contribution in [2.45, 2.75) is 44.9 Å². The van der Waals surface area contributed by atoms with E-state index in [1.165, 1.54) is 12.8 Å². The molecule has 114 valence electrons. The van der Waals surface area contributed by atoms with E-state index in [1.807, 2.05) is 30.3 Å². The largest absolute Gasteiger partial charge is 0.481 e. The zero-order valence-corrected chi connectivity index (χ0v) is 12.3. The van der Waals surface area contributed by atoms with Gasteiger partial charge in [-0.25, -0.2) is 0 Å². The summed E-state index contributed by atoms with van der Waals surface area (Å²) in [5, 5.41) is 8.76. The summed E-state index contributed by atoms with van der Waals surface area (Å²) >= 11 is 0. The monoisotopic (exact) mass is 289 g/mol. The fourth-order valence-corrected chi connectivity index (χ4v) is 2.97. The highest BCUT2D eigenvalue weighted by atomic mass is 16.4. The first-order valence-corrected chi connectivity index (χ1v) is 7.74. The highest BCUT2D eigenvalue weighted by Crippen LogP contribution is 2.29. The third kappa shape index (κ3) is 4.88. The molecule has 0 bridgehead atoms. The Kier molecular flexibility index (Phi) is 5.78. The van der Waals surface area contributed by atoms with E-state index in [-0.39, 0.29) is 12.3 Å². The number of benzene rings is 1. The zero-order chi connectivity index (χ0) is 15.1. The molecule has 0 atom stereocenters. The van der Waals surface area contributed by atoms with Crippen molar-refractivity contribution in [2.24, 2.45) is 5.92 Å². The van der Waals surface area contributed by atoms with Gasteiger partial charge in [0.1, 0.15) is 0 Å². The Balaban J connectivity index is 1.99. The van der Waals surface area contributed by atoms with Crippen molar-refractivity contribution >= 4 is 17.6 Å². The van der Waals surface area contributed by atoms with Gasteiger partial charge in [-0.05, 0) is 37.3 Å². The predicted molar refractivity (Wildman–Crippen MR) is 82.2 cm³/mol. The van der Waals surface area contributed by atoms with Crippen molar-refractivity contribution in [3.63, 3.8) is 0 Å². The van der Waals surface area contributed by atoms with Gasteiger partial charge in [0.25, 0.3) is 0 Å². The first kappa shape index (κ1) is 15.5. The Morgan fingerprint density at radius 3 is 2.43 bits per heavy atom. The van der Waals surface area contributed by atoms with E-state index >= 15 is 0 Å². The summed E-state index contributed by atoms with van der Waals surface area (Å²) in [5.74, 6) is -0.187. The first-order valence-electron chi connectivity index (χ1n) is 7.74. The van der Waals surface area contributed by atoms with E-state index in [4.69, 9.17) is 5.11 Å². The van der Waals surface area contributed by atoms with Crippen molar-refractivity contribution in [1.82, 2.24) is 0 Å². The number of aliphatic carboxylic acids is 1. The number of hydrogen-bond donors (Lipinski definition) is 1. The highest BCUT2D eigenvalue weighted by molar-refractivity contribution is 5.93. The highest BCUT2D eigenvalue weighted by Gasteiger charge is 2.22. The molecule has 0 saturated heterocycles. The fraction of sp³-hybridized carbons (Fsp3) is 0.529. The molecule has 0 aliphatic heterocycles. The topological polar surface area (TPSA) is 57.6 Å². The lowest BCUT2D eigenvalue weighted by Gasteiger charge is -2.24. The van der Waals surface area contributed by atoms with Crippen molar-refractivity contribution in [1.29, 1.82) is 0 Å². The molecule has 4 nitrogen and oxygen atoms in total. The van der Waals surface area contributed by atoms with Gasteiger partial charge in [-0.2, -0.15) is 0 Å². The summed E-state index contributed by atoms with van der Waals surface area (Å²) in [6.45, 7) is 0.474. The normalized spacial score (nSPS) is 15.0. The number of amides is 1. The molecule has 0 aromatic heterocycles. The van der Waals surface area contributed by atoms with Gasteiger partial charge in [-0.15, -0.1) is 0 Å². The lowest BCUT2D eigenvalue weighted by Crippen LogP contribution is -2.33. The van der Waals surface area contributed by atoms with Crippen LogP contribution in [0, 0.1) is 5.92 Å². The maximum atomic E-state index is 12.6. The SMILES string of the molecule is O=C(O)CCCN(C(=O)CC1CCCC1)c1ccccc1. The third-order valence-corrected chi connectivity index (χ3v) is 4.08. The smallest absolute Gasteiger partial charge is 0.303 e. The summed E-state index contributed by atoms with van der Waals surface area (Å²) in [5.41, 5.74) is 0.867. The Labute approximate surface area is 125 Å². The minimum Gasteiger partial charge on any atom is -0.481 e. The molecule has 0 radical (unpaired) electrons. The minimum atomic E-state index is -0.814. The van der Waals surface area contributed by atoms with Crippen LogP contribution in [-0.4, -0.2) is 23.5 Å². The van der Waals surface area contributed by atoms with Crippen molar-refractivity contribution < 1.29 is 14.7 Å². The van der Waals surface area contributed by atoms with Gasteiger partial charge in [0.15, 0.2) is 0 Å². The minimum absolute atomic E-state index is 0.0973. The predicted octanol–water partition coefficient (Wildman–Crippen LogP) is 3.46. The Morgan fingerprint density at radius 1 is 1.14 bits per heavy atom. The average Bonchev–Trinajstić information content (AvgIpc) is 2.97. The number of carboxylic acids is 1. The maximum absolute atomic E-state index is 12.6. The molecular formula is C17H23NO3. The van der Waals surface area contributed by atoms with Crippen LogP contribution in [0.3, 0.4) is 0 Å². The molecule has 1 saturated carbocycles. The van der Waals surface area contributed by atoms with E-state index in [9.17, 15) is 9.59 Å². The first-order chi connectivity index (χ1) is 10.2. The van der Waals surface area contributed by atoms with E-state index in [2.05, 4.69) is 0 Å². The number of para-hydroxylation sites is 1. The van der Waals surface area contributed by atoms with Crippen LogP contribution < -0.4 is 4.90 Å². The van der Waals surface area contributed by atoms with Crippen molar-refractivity contribution in [3.8, 4) is 0 Å². The average molecular weight is 289 g/mol. The van der Waals surface area contributed by atoms with Gasteiger partial charge in [0, 0.05) is 25.1 Å². The molecule has 1 amide bonds. The summed E-state index contributed by atoms with van der Waals surface area (Å²) in [6, 6.07) is 9.55. The third-order valence-electron chi connectivity index (χ3n) is 4.08. The summed E-state index contributed by atoms with van der Waals surface area (Å²) < 4.78 is 0. The zero-order valence-electron chi connectivity index (χ0n) is 12.3. The number of hydrogen-bond acceptors (Lipinski definition) is 2. The van der Waals surface area contributed by atoms with Crippen LogP contribution >= 0.6 is 0 Å². The van der Waals surface area contributed by atoms with Gasteiger partial charge < -0.3 is 10.0 Å². The van der Waals surface area contributed by atoms with Gasteiger partial charge in [-0.3, -0.25) is 9.59 Å². The van der Waals surface area contributed by atoms with Crippen molar-refractivity contribution in [3.05, 3.63) is 30.3 Å². The van der Waals surface area contributed by atoms with Crippen LogP contribution in [0.5, 0.6) is 0 Å². The fourth-order valence-electron chi connectivity index (χ4n) is 2.97. The van der Waals surface area contributed by atoms with Crippen LogP contribution in [0.15, 0.2) is 30.3 Å². The molecule has 1 aromatic carbocycles. The van der Waals surface area contributed by atoms with Gasteiger partial charge in [0.05, 0.1) is 0 Å². The van der Waals surface area contributed by atoms with E-state index in [0.29, 0.717) is 25.3 Å². The second-order valence-electron chi connectivity index (χ2n) is 5.73. The molecule has 1 fully saturated rings. The van der Waals surface area contributed by atoms with E-state index in [0.717, 1.165) is 18.5 Å². The summed E-state index contributed by atoms with van der Waals surface area (Å²) in [7, 11) is 0. The number of carboxylic acid groups (broad SMARTS) is 1. The van der Waals surface area contributed by atoms with Crippen LogP contribution in [0.4, 0.5) is 5.69 Å². The van der Waals surface area contributed by atoms with Crippen LogP contribution in [0.25, 0.3) is 0 Å². The number of anilines is 1. The van der Waals surface area contributed by atoms with Gasteiger partial charge >= 0.3 is 5.97 Å². The van der Waals surface area contributed by atoms with Crippen LogP contribution in [0.1, 0.15) is 44.9 Å². The molecular weight excluding hydrogens is 266 g/mol. The maximum Gasteiger partial charge on any atom is 0.303 e. The second kappa shape index (κ2) is 7.81. The molecule has 2 rings (SSSR count). The molecule has 21 heavy (non-hydrogen) atoms. The summed E-state index contributed by atoms with van der Waals surface area (Å²) in [4.78, 5) is 25.0. The Bertz CT molecular complexity index is 466. The van der Waals surface area contributed by atoms with E-state index < -0.39 is 5.97 Å². The van der Waals surface area contributed by atoms with Crippen LogP contribution in [-0.2, 0) is 9.59 Å². The molecule has 1 aliphatic carbocycles. The van der Waals surface area contributed by atoms with Crippen LogP contribution in [0.2, 0.25) is 0 Å². The molecule has 4 heteroatoms. The Hall–Kier alpha value is -1.84. The standard InChI is InChI=1S/C17H23NO3/c19-16(13-14-7-4-5-8-14)18(12-6-11-17(20)21)15-9-2-1-3-10-15/h1-3,9-10,14H,4-8,11-13H2,(H,20,21). The molecule has 0 heterocycles.